The summed E-state index contributed by atoms with van der Waals surface area (Å²) in [4.78, 5) is 0. The molecule has 0 amide bonds. The van der Waals surface area contributed by atoms with E-state index in [0.717, 1.165) is 23.5 Å². The summed E-state index contributed by atoms with van der Waals surface area (Å²) in [6, 6.07) is 5.80. The van der Waals surface area contributed by atoms with Crippen molar-refractivity contribution in [1.29, 1.82) is 5.41 Å². The Kier molecular flexibility index (Phi) is 4.60. The van der Waals surface area contributed by atoms with Gasteiger partial charge in [0.2, 0.25) is 0 Å². The number of benzene rings is 1. The number of guanidine groups is 1. The van der Waals surface area contributed by atoms with Crippen molar-refractivity contribution in [2.45, 2.75) is 13.5 Å². The van der Waals surface area contributed by atoms with Crippen molar-refractivity contribution >= 4 is 17.3 Å². The molecule has 0 saturated carbocycles. The minimum Gasteiger partial charge on any atom is -0.388 e. The van der Waals surface area contributed by atoms with Gasteiger partial charge >= 0.3 is 0 Å². The summed E-state index contributed by atoms with van der Waals surface area (Å²) < 4.78 is 0. The number of rotatable bonds is 4. The highest BCUT2D eigenvalue weighted by Gasteiger charge is 2.02. The van der Waals surface area contributed by atoms with E-state index in [2.05, 4.69) is 16.0 Å². The maximum Gasteiger partial charge on any atom is 0.192 e. The standard InChI is InChI=1S/C11H19N5/c1-3-15-11(13)16-9-4-5-10(14-2)8(6-9)7-12/h4-6,14H,3,7,12H2,1-2H3,(H3,13,15,16). The third-order valence-electron chi connectivity index (χ3n) is 2.22. The molecular formula is C11H19N5. The van der Waals surface area contributed by atoms with E-state index in [1.165, 1.54) is 0 Å². The predicted molar refractivity (Wildman–Crippen MR) is 68.9 cm³/mol. The van der Waals surface area contributed by atoms with Gasteiger partial charge in [0, 0.05) is 31.5 Å². The van der Waals surface area contributed by atoms with Gasteiger partial charge in [-0.2, -0.15) is 0 Å². The highest BCUT2D eigenvalue weighted by atomic mass is 15.1. The molecule has 0 unspecified atom stereocenters. The van der Waals surface area contributed by atoms with Gasteiger partial charge < -0.3 is 21.7 Å². The van der Waals surface area contributed by atoms with Crippen LogP contribution in [0.15, 0.2) is 18.2 Å². The van der Waals surface area contributed by atoms with E-state index in [4.69, 9.17) is 11.1 Å². The lowest BCUT2D eigenvalue weighted by Crippen LogP contribution is -2.29. The summed E-state index contributed by atoms with van der Waals surface area (Å²) in [5, 5.41) is 16.5. The molecular weight excluding hydrogens is 202 g/mol. The second-order valence-electron chi connectivity index (χ2n) is 3.36. The third kappa shape index (κ3) is 3.13. The SMILES string of the molecule is CCNC(=N)Nc1ccc(NC)c(CN)c1. The fourth-order valence-electron chi connectivity index (χ4n) is 1.45. The van der Waals surface area contributed by atoms with Crippen LogP contribution in [0, 0.1) is 5.41 Å². The third-order valence-corrected chi connectivity index (χ3v) is 2.22. The summed E-state index contributed by atoms with van der Waals surface area (Å²) >= 11 is 0. The van der Waals surface area contributed by atoms with E-state index < -0.39 is 0 Å². The van der Waals surface area contributed by atoms with Crippen LogP contribution in [0.2, 0.25) is 0 Å². The van der Waals surface area contributed by atoms with Gasteiger partial charge in [-0.3, -0.25) is 5.41 Å². The summed E-state index contributed by atoms with van der Waals surface area (Å²) in [7, 11) is 1.86. The van der Waals surface area contributed by atoms with Crippen LogP contribution in [0.5, 0.6) is 0 Å². The van der Waals surface area contributed by atoms with Gasteiger partial charge in [0.15, 0.2) is 5.96 Å². The molecule has 0 saturated heterocycles. The fourth-order valence-corrected chi connectivity index (χ4v) is 1.45. The minimum atomic E-state index is 0.294. The number of nitrogens with two attached hydrogens (primary N) is 1. The lowest BCUT2D eigenvalue weighted by molar-refractivity contribution is 0.954. The van der Waals surface area contributed by atoms with Crippen LogP contribution in [0.4, 0.5) is 11.4 Å². The summed E-state index contributed by atoms with van der Waals surface area (Å²) in [5.41, 5.74) is 8.56. The molecule has 0 spiro atoms. The van der Waals surface area contributed by atoms with Crippen LogP contribution in [0.3, 0.4) is 0 Å². The molecule has 0 aromatic heterocycles. The van der Waals surface area contributed by atoms with Crippen LogP contribution in [0.1, 0.15) is 12.5 Å². The van der Waals surface area contributed by atoms with Crippen LogP contribution < -0.4 is 21.7 Å². The molecule has 0 fully saturated rings. The Hall–Kier alpha value is -1.75. The second-order valence-corrected chi connectivity index (χ2v) is 3.36. The smallest absolute Gasteiger partial charge is 0.192 e. The van der Waals surface area contributed by atoms with Crippen LogP contribution >= 0.6 is 0 Å². The zero-order valence-corrected chi connectivity index (χ0v) is 9.72. The van der Waals surface area contributed by atoms with Gasteiger partial charge in [0.25, 0.3) is 0 Å². The van der Waals surface area contributed by atoms with E-state index in [0.29, 0.717) is 12.5 Å². The Morgan fingerprint density at radius 1 is 1.44 bits per heavy atom. The molecule has 1 rings (SSSR count). The number of nitrogens with one attached hydrogen (secondary N) is 4. The lowest BCUT2D eigenvalue weighted by atomic mass is 10.1. The molecule has 1 aromatic carbocycles. The monoisotopic (exact) mass is 221 g/mol. The van der Waals surface area contributed by atoms with Crippen LogP contribution in [-0.2, 0) is 6.54 Å². The molecule has 1 aromatic rings. The van der Waals surface area contributed by atoms with Gasteiger partial charge in [-0.05, 0) is 30.7 Å². The average molecular weight is 221 g/mol. The van der Waals surface area contributed by atoms with E-state index in [1.54, 1.807) is 0 Å². The Morgan fingerprint density at radius 2 is 2.19 bits per heavy atom. The lowest BCUT2D eigenvalue weighted by Gasteiger charge is -2.12. The number of anilines is 2. The van der Waals surface area contributed by atoms with Crippen molar-refractivity contribution in [1.82, 2.24) is 5.32 Å². The molecule has 6 N–H and O–H groups in total. The minimum absolute atomic E-state index is 0.294. The number of hydrogen-bond donors (Lipinski definition) is 5. The molecule has 0 aliphatic heterocycles. The van der Waals surface area contributed by atoms with Crippen molar-refractivity contribution in [3.8, 4) is 0 Å². The molecule has 0 radical (unpaired) electrons. The van der Waals surface area contributed by atoms with E-state index in [-0.39, 0.29) is 0 Å². The largest absolute Gasteiger partial charge is 0.388 e. The second kappa shape index (κ2) is 5.97. The van der Waals surface area contributed by atoms with Crippen molar-refractivity contribution < 1.29 is 0 Å². The first-order valence-electron chi connectivity index (χ1n) is 5.31. The van der Waals surface area contributed by atoms with Crippen molar-refractivity contribution in [3.05, 3.63) is 23.8 Å². The fraction of sp³-hybridized carbons (Fsp3) is 0.364. The van der Waals surface area contributed by atoms with Crippen molar-refractivity contribution in [2.24, 2.45) is 5.73 Å². The van der Waals surface area contributed by atoms with Gasteiger partial charge in [-0.15, -0.1) is 0 Å². The average Bonchev–Trinajstić information content (AvgIpc) is 2.29. The number of hydrogen-bond acceptors (Lipinski definition) is 3. The molecule has 0 atom stereocenters. The molecule has 0 aliphatic carbocycles. The van der Waals surface area contributed by atoms with E-state index in [1.807, 2.05) is 32.2 Å². The highest BCUT2D eigenvalue weighted by molar-refractivity contribution is 5.91. The first-order valence-corrected chi connectivity index (χ1v) is 5.31. The topological polar surface area (TPSA) is 86.0 Å². The van der Waals surface area contributed by atoms with E-state index in [9.17, 15) is 0 Å². The summed E-state index contributed by atoms with van der Waals surface area (Å²) in [6.07, 6.45) is 0. The molecule has 0 aliphatic rings. The highest BCUT2D eigenvalue weighted by Crippen LogP contribution is 2.19. The van der Waals surface area contributed by atoms with Crippen LogP contribution in [-0.4, -0.2) is 19.6 Å². The zero-order chi connectivity index (χ0) is 12.0. The van der Waals surface area contributed by atoms with Gasteiger partial charge in [-0.1, -0.05) is 0 Å². The Morgan fingerprint density at radius 3 is 2.75 bits per heavy atom. The zero-order valence-electron chi connectivity index (χ0n) is 9.72. The maximum atomic E-state index is 7.58. The first-order chi connectivity index (χ1) is 7.71. The maximum absolute atomic E-state index is 7.58. The molecule has 5 nitrogen and oxygen atoms in total. The summed E-state index contributed by atoms with van der Waals surface area (Å²) in [5.74, 6) is 0.294. The van der Waals surface area contributed by atoms with Crippen LogP contribution in [0.25, 0.3) is 0 Å². The molecule has 88 valence electrons. The van der Waals surface area contributed by atoms with Gasteiger partial charge in [-0.25, -0.2) is 0 Å². The molecule has 0 bridgehead atoms. The molecule has 16 heavy (non-hydrogen) atoms. The van der Waals surface area contributed by atoms with Crippen molar-refractivity contribution in [2.75, 3.05) is 24.2 Å². The normalized spacial score (nSPS) is 9.69. The molecule has 5 heteroatoms. The predicted octanol–water partition coefficient (Wildman–Crippen LogP) is 1.14. The van der Waals surface area contributed by atoms with Gasteiger partial charge in [0.1, 0.15) is 0 Å². The van der Waals surface area contributed by atoms with E-state index >= 15 is 0 Å². The first kappa shape index (κ1) is 12.3. The Labute approximate surface area is 95.9 Å². The van der Waals surface area contributed by atoms with Gasteiger partial charge in [0.05, 0.1) is 0 Å². The summed E-state index contributed by atoms with van der Waals surface area (Å²) in [6.45, 7) is 3.15. The molecule has 0 heterocycles. The van der Waals surface area contributed by atoms with Crippen molar-refractivity contribution in [3.63, 3.8) is 0 Å². The Bertz CT molecular complexity index is 361. The quantitative estimate of drug-likeness (QED) is 0.390. The Balaban J connectivity index is 2.78.